The highest BCUT2D eigenvalue weighted by Gasteiger charge is 2.27. The molecule has 1 fully saturated rings. The third kappa shape index (κ3) is 6.26. The van der Waals surface area contributed by atoms with Crippen LogP contribution in [0.2, 0.25) is 0 Å². The fourth-order valence-corrected chi connectivity index (χ4v) is 5.22. The molecule has 1 heterocycles. The lowest BCUT2D eigenvalue weighted by Crippen LogP contribution is -2.29. The van der Waals surface area contributed by atoms with Gasteiger partial charge in [0.25, 0.3) is 5.91 Å². The molecule has 0 spiro atoms. The van der Waals surface area contributed by atoms with Crippen molar-refractivity contribution in [2.24, 2.45) is 0 Å². The number of nitrogens with zero attached hydrogens (tertiary/aromatic N) is 1. The fourth-order valence-electron chi connectivity index (χ4n) is 3.65. The summed E-state index contributed by atoms with van der Waals surface area (Å²) in [5, 5.41) is 2.65. The second kappa shape index (κ2) is 11.2. The molecule has 0 atom stereocenters. The summed E-state index contributed by atoms with van der Waals surface area (Å²) in [6, 6.07) is 21.8. The SMILES string of the molecule is O=C(NCCOC(=O)c1ccc(Oc2ccccc2)cc1)c1cccc(S(=O)(=O)N2CCCC2)c1. The number of carbonyl (C=O) groups excluding carboxylic acids is 2. The minimum atomic E-state index is -3.61. The molecule has 9 heteroatoms. The Morgan fingerprint density at radius 2 is 1.51 bits per heavy atom. The predicted molar refractivity (Wildman–Crippen MR) is 130 cm³/mol. The number of sulfonamides is 1. The van der Waals surface area contributed by atoms with Crippen molar-refractivity contribution >= 4 is 21.9 Å². The fraction of sp³-hybridized carbons (Fsp3) is 0.231. The lowest BCUT2D eigenvalue weighted by Gasteiger charge is -2.16. The van der Waals surface area contributed by atoms with Crippen molar-refractivity contribution in [2.75, 3.05) is 26.2 Å². The lowest BCUT2D eigenvalue weighted by atomic mass is 10.2. The number of benzene rings is 3. The Kier molecular flexibility index (Phi) is 7.79. The molecule has 182 valence electrons. The Morgan fingerprint density at radius 1 is 0.829 bits per heavy atom. The van der Waals surface area contributed by atoms with Crippen molar-refractivity contribution in [3.63, 3.8) is 0 Å². The number of hydrogen-bond acceptors (Lipinski definition) is 6. The van der Waals surface area contributed by atoms with Gasteiger partial charge in [0.05, 0.1) is 17.0 Å². The van der Waals surface area contributed by atoms with Crippen molar-refractivity contribution in [3.05, 3.63) is 90.0 Å². The highest BCUT2D eigenvalue weighted by molar-refractivity contribution is 7.89. The molecule has 0 bridgehead atoms. The molecule has 3 aromatic carbocycles. The highest BCUT2D eigenvalue weighted by atomic mass is 32.2. The number of para-hydroxylation sites is 1. The summed E-state index contributed by atoms with van der Waals surface area (Å²) < 4.78 is 37.8. The summed E-state index contributed by atoms with van der Waals surface area (Å²) in [7, 11) is -3.61. The molecule has 1 aliphatic rings. The second-order valence-corrected chi connectivity index (χ2v) is 9.91. The molecular formula is C26H26N2O6S. The quantitative estimate of drug-likeness (QED) is 0.358. The van der Waals surface area contributed by atoms with Crippen LogP contribution in [0.15, 0.2) is 83.8 Å². The van der Waals surface area contributed by atoms with E-state index in [1.54, 1.807) is 36.4 Å². The zero-order valence-corrected chi connectivity index (χ0v) is 19.9. The number of ether oxygens (including phenoxy) is 2. The Labute approximate surface area is 204 Å². The second-order valence-electron chi connectivity index (χ2n) is 7.97. The first-order chi connectivity index (χ1) is 16.9. The van der Waals surface area contributed by atoms with Gasteiger partial charge in [-0.25, -0.2) is 13.2 Å². The van der Waals surface area contributed by atoms with Crippen LogP contribution in [0.25, 0.3) is 0 Å². The molecule has 0 saturated carbocycles. The van der Waals surface area contributed by atoms with Gasteiger partial charge in [-0.2, -0.15) is 4.31 Å². The number of amides is 1. The Morgan fingerprint density at radius 3 is 2.23 bits per heavy atom. The summed E-state index contributed by atoms with van der Waals surface area (Å²) >= 11 is 0. The maximum absolute atomic E-state index is 12.7. The van der Waals surface area contributed by atoms with E-state index in [0.717, 1.165) is 12.8 Å². The summed E-state index contributed by atoms with van der Waals surface area (Å²) in [4.78, 5) is 24.8. The summed E-state index contributed by atoms with van der Waals surface area (Å²) in [5.74, 6) is 0.317. The third-order valence-electron chi connectivity index (χ3n) is 5.49. The van der Waals surface area contributed by atoms with E-state index in [2.05, 4.69) is 5.32 Å². The molecule has 0 aliphatic carbocycles. The molecule has 1 N–H and O–H groups in total. The maximum atomic E-state index is 12.7. The standard InChI is InChI=1S/C26H26N2O6S/c29-25(21-7-6-10-24(19-21)35(31,32)28-16-4-5-17-28)27-15-18-33-26(30)20-11-13-23(14-12-20)34-22-8-2-1-3-9-22/h1-3,6-14,19H,4-5,15-18H2,(H,27,29). The van der Waals surface area contributed by atoms with Crippen molar-refractivity contribution in [1.82, 2.24) is 9.62 Å². The van der Waals surface area contributed by atoms with Crippen LogP contribution >= 0.6 is 0 Å². The van der Waals surface area contributed by atoms with Crippen LogP contribution in [-0.4, -0.2) is 50.8 Å². The molecule has 0 aromatic heterocycles. The van der Waals surface area contributed by atoms with E-state index in [-0.39, 0.29) is 23.6 Å². The summed E-state index contributed by atoms with van der Waals surface area (Å²) in [5.41, 5.74) is 0.585. The number of rotatable bonds is 9. The molecule has 3 aromatic rings. The van der Waals surface area contributed by atoms with Gasteiger partial charge in [0.15, 0.2) is 0 Å². The van der Waals surface area contributed by atoms with E-state index in [0.29, 0.717) is 30.2 Å². The van der Waals surface area contributed by atoms with E-state index >= 15 is 0 Å². The van der Waals surface area contributed by atoms with Crippen LogP contribution in [0, 0.1) is 0 Å². The van der Waals surface area contributed by atoms with Gasteiger partial charge in [0.1, 0.15) is 18.1 Å². The molecule has 35 heavy (non-hydrogen) atoms. The van der Waals surface area contributed by atoms with Crippen LogP contribution in [0.5, 0.6) is 11.5 Å². The van der Waals surface area contributed by atoms with Gasteiger partial charge < -0.3 is 14.8 Å². The van der Waals surface area contributed by atoms with E-state index in [1.807, 2.05) is 30.3 Å². The smallest absolute Gasteiger partial charge is 0.338 e. The first-order valence-corrected chi connectivity index (χ1v) is 12.8. The first kappa shape index (κ1) is 24.4. The van der Waals surface area contributed by atoms with Crippen LogP contribution in [0.4, 0.5) is 0 Å². The van der Waals surface area contributed by atoms with E-state index in [1.165, 1.54) is 16.4 Å². The summed E-state index contributed by atoms with van der Waals surface area (Å²) in [6.45, 7) is 1.04. The van der Waals surface area contributed by atoms with E-state index in [4.69, 9.17) is 9.47 Å². The van der Waals surface area contributed by atoms with Gasteiger partial charge in [0.2, 0.25) is 10.0 Å². The van der Waals surface area contributed by atoms with Crippen molar-refractivity contribution in [2.45, 2.75) is 17.7 Å². The van der Waals surface area contributed by atoms with Gasteiger partial charge in [-0.15, -0.1) is 0 Å². The van der Waals surface area contributed by atoms with Gasteiger partial charge >= 0.3 is 5.97 Å². The largest absolute Gasteiger partial charge is 0.460 e. The van der Waals surface area contributed by atoms with E-state index < -0.39 is 21.9 Å². The number of hydrogen-bond donors (Lipinski definition) is 1. The Hall–Kier alpha value is -3.69. The van der Waals surface area contributed by atoms with Gasteiger partial charge in [-0.05, 0) is 67.4 Å². The van der Waals surface area contributed by atoms with Crippen LogP contribution < -0.4 is 10.1 Å². The highest BCUT2D eigenvalue weighted by Crippen LogP contribution is 2.22. The minimum absolute atomic E-state index is 0.0292. The number of esters is 1. The normalized spacial score (nSPS) is 13.8. The van der Waals surface area contributed by atoms with Crippen molar-refractivity contribution in [3.8, 4) is 11.5 Å². The average molecular weight is 495 g/mol. The van der Waals surface area contributed by atoms with Gasteiger partial charge in [-0.1, -0.05) is 24.3 Å². The molecule has 1 aliphatic heterocycles. The minimum Gasteiger partial charge on any atom is -0.460 e. The van der Waals surface area contributed by atoms with Crippen molar-refractivity contribution in [1.29, 1.82) is 0 Å². The molecule has 1 amide bonds. The van der Waals surface area contributed by atoms with Gasteiger partial charge in [0, 0.05) is 18.7 Å². The molecule has 1 saturated heterocycles. The molecule has 0 radical (unpaired) electrons. The monoisotopic (exact) mass is 494 g/mol. The topological polar surface area (TPSA) is 102 Å². The molecular weight excluding hydrogens is 468 g/mol. The lowest BCUT2D eigenvalue weighted by molar-refractivity contribution is 0.0503. The predicted octanol–water partition coefficient (Wildman–Crippen LogP) is 3.85. The third-order valence-corrected chi connectivity index (χ3v) is 7.38. The van der Waals surface area contributed by atoms with E-state index in [9.17, 15) is 18.0 Å². The zero-order chi connectivity index (χ0) is 24.7. The van der Waals surface area contributed by atoms with Crippen LogP contribution in [0.3, 0.4) is 0 Å². The first-order valence-electron chi connectivity index (χ1n) is 11.3. The zero-order valence-electron chi connectivity index (χ0n) is 19.1. The Balaban J connectivity index is 1.25. The number of nitrogens with one attached hydrogen (secondary N) is 1. The molecule has 0 unspecified atom stereocenters. The molecule has 8 nitrogen and oxygen atoms in total. The average Bonchev–Trinajstić information content (AvgIpc) is 3.44. The van der Waals surface area contributed by atoms with Crippen LogP contribution in [-0.2, 0) is 14.8 Å². The van der Waals surface area contributed by atoms with Gasteiger partial charge in [-0.3, -0.25) is 4.79 Å². The van der Waals surface area contributed by atoms with Crippen molar-refractivity contribution < 1.29 is 27.5 Å². The molecule has 4 rings (SSSR count). The summed E-state index contributed by atoms with van der Waals surface area (Å²) in [6.07, 6.45) is 1.67. The van der Waals surface area contributed by atoms with Crippen LogP contribution in [0.1, 0.15) is 33.6 Å². The Bertz CT molecular complexity index is 1270. The number of carbonyl (C=O) groups is 2. The maximum Gasteiger partial charge on any atom is 0.338 e.